The van der Waals surface area contributed by atoms with Gasteiger partial charge >= 0.3 is 0 Å². The predicted octanol–water partition coefficient (Wildman–Crippen LogP) is 3.25. The van der Waals surface area contributed by atoms with Gasteiger partial charge in [-0.3, -0.25) is 4.79 Å². The molecule has 1 aliphatic heterocycles. The Morgan fingerprint density at radius 1 is 1.24 bits per heavy atom. The Morgan fingerprint density at radius 2 is 2.08 bits per heavy atom. The first-order valence-electron chi connectivity index (χ1n) is 8.61. The molecule has 6 nitrogen and oxygen atoms in total. The highest BCUT2D eigenvalue weighted by Gasteiger charge is 2.17. The zero-order chi connectivity index (χ0) is 17.8. The molecule has 0 saturated carbocycles. The van der Waals surface area contributed by atoms with E-state index in [4.69, 9.17) is 4.74 Å². The highest BCUT2D eigenvalue weighted by Crippen LogP contribution is 2.18. The molecule has 0 bridgehead atoms. The molecule has 0 spiro atoms. The van der Waals surface area contributed by atoms with Crippen molar-refractivity contribution in [3.8, 4) is 0 Å². The summed E-state index contributed by atoms with van der Waals surface area (Å²) in [5, 5.41) is 6.12. The minimum atomic E-state index is -0.237. The number of amides is 1. The second-order valence-corrected chi connectivity index (χ2v) is 6.51. The van der Waals surface area contributed by atoms with Crippen LogP contribution in [0.2, 0.25) is 0 Å². The van der Waals surface area contributed by atoms with Crippen LogP contribution in [-0.2, 0) is 4.74 Å². The fourth-order valence-corrected chi connectivity index (χ4v) is 2.83. The summed E-state index contributed by atoms with van der Waals surface area (Å²) < 4.78 is 5.59. The molecule has 1 saturated heterocycles. The van der Waals surface area contributed by atoms with Gasteiger partial charge in [-0.25, -0.2) is 9.97 Å². The van der Waals surface area contributed by atoms with Crippen LogP contribution in [0.5, 0.6) is 0 Å². The number of rotatable bonds is 5. The minimum absolute atomic E-state index is 0.191. The first-order chi connectivity index (χ1) is 12.0. The Balaban J connectivity index is 1.72. The van der Waals surface area contributed by atoms with Gasteiger partial charge in [-0.05, 0) is 56.9 Å². The molecular weight excluding hydrogens is 316 g/mol. The third kappa shape index (κ3) is 4.54. The van der Waals surface area contributed by atoms with Crippen molar-refractivity contribution >= 4 is 17.5 Å². The van der Waals surface area contributed by atoms with E-state index in [1.54, 1.807) is 6.07 Å². The van der Waals surface area contributed by atoms with Gasteiger partial charge in [0, 0.05) is 24.5 Å². The van der Waals surface area contributed by atoms with Gasteiger partial charge in [0.05, 0.1) is 6.10 Å². The second kappa shape index (κ2) is 7.61. The Morgan fingerprint density at radius 3 is 2.84 bits per heavy atom. The lowest BCUT2D eigenvalue weighted by Crippen LogP contribution is -2.21. The number of aromatic nitrogens is 2. The van der Waals surface area contributed by atoms with E-state index in [-0.39, 0.29) is 12.0 Å². The summed E-state index contributed by atoms with van der Waals surface area (Å²) >= 11 is 0. The molecule has 2 heterocycles. The maximum atomic E-state index is 12.6. The zero-order valence-electron chi connectivity index (χ0n) is 14.9. The number of nitrogens with zero attached hydrogens (tertiary/aromatic N) is 2. The largest absolute Gasteiger partial charge is 0.376 e. The van der Waals surface area contributed by atoms with E-state index >= 15 is 0 Å². The number of nitrogens with one attached hydrogen (secondary N) is 2. The van der Waals surface area contributed by atoms with Gasteiger partial charge < -0.3 is 15.4 Å². The Hall–Kier alpha value is -2.47. The van der Waals surface area contributed by atoms with Gasteiger partial charge in [0.25, 0.3) is 5.91 Å². The Kier molecular flexibility index (Phi) is 5.28. The Labute approximate surface area is 148 Å². The van der Waals surface area contributed by atoms with Crippen LogP contribution in [0, 0.1) is 20.8 Å². The predicted molar refractivity (Wildman–Crippen MR) is 98.1 cm³/mol. The summed E-state index contributed by atoms with van der Waals surface area (Å²) in [6, 6.07) is 7.66. The van der Waals surface area contributed by atoms with E-state index in [0.717, 1.165) is 42.0 Å². The summed E-state index contributed by atoms with van der Waals surface area (Å²) in [4.78, 5) is 21.3. The normalized spacial score (nSPS) is 16.7. The number of hydrogen-bond donors (Lipinski definition) is 2. The van der Waals surface area contributed by atoms with Crippen molar-refractivity contribution in [2.45, 2.75) is 39.7 Å². The molecule has 3 rings (SSSR count). The van der Waals surface area contributed by atoms with Crippen LogP contribution in [0.15, 0.2) is 24.3 Å². The maximum absolute atomic E-state index is 12.6. The van der Waals surface area contributed by atoms with Crippen LogP contribution in [0.1, 0.15) is 40.2 Å². The molecule has 1 aromatic carbocycles. The summed E-state index contributed by atoms with van der Waals surface area (Å²) in [7, 11) is 0. The van der Waals surface area contributed by atoms with Crippen molar-refractivity contribution in [3.05, 3.63) is 46.8 Å². The average Bonchev–Trinajstić information content (AvgIpc) is 3.09. The van der Waals surface area contributed by atoms with Crippen molar-refractivity contribution in [2.24, 2.45) is 0 Å². The third-order valence-corrected chi connectivity index (χ3v) is 4.24. The average molecular weight is 340 g/mol. The number of hydrogen-bond acceptors (Lipinski definition) is 5. The fraction of sp³-hybridized carbons (Fsp3) is 0.421. The topological polar surface area (TPSA) is 76.1 Å². The van der Waals surface area contributed by atoms with Crippen LogP contribution in [-0.4, -0.2) is 35.1 Å². The van der Waals surface area contributed by atoms with Gasteiger partial charge in [0.15, 0.2) is 0 Å². The Bertz CT molecular complexity index is 770. The van der Waals surface area contributed by atoms with E-state index in [1.165, 1.54) is 0 Å². The quantitative estimate of drug-likeness (QED) is 0.874. The number of carbonyl (C=O) groups excluding carboxylic acids is 1. The van der Waals surface area contributed by atoms with Crippen LogP contribution in [0.25, 0.3) is 0 Å². The molecule has 1 amide bonds. The van der Waals surface area contributed by atoms with Crippen molar-refractivity contribution in [1.29, 1.82) is 0 Å². The summed E-state index contributed by atoms with van der Waals surface area (Å²) in [6.45, 7) is 7.28. The highest BCUT2D eigenvalue weighted by atomic mass is 16.5. The molecule has 1 unspecified atom stereocenters. The molecular formula is C19H24N4O2. The van der Waals surface area contributed by atoms with Gasteiger partial charge in [-0.15, -0.1) is 0 Å². The maximum Gasteiger partial charge on any atom is 0.274 e. The molecule has 2 aromatic rings. The van der Waals surface area contributed by atoms with E-state index < -0.39 is 0 Å². The molecule has 1 atom stereocenters. The first kappa shape index (κ1) is 17.4. The van der Waals surface area contributed by atoms with Crippen LogP contribution in [0.3, 0.4) is 0 Å². The summed E-state index contributed by atoms with van der Waals surface area (Å²) in [6.07, 6.45) is 2.32. The van der Waals surface area contributed by atoms with Gasteiger partial charge in [0.1, 0.15) is 5.69 Å². The van der Waals surface area contributed by atoms with Crippen molar-refractivity contribution in [3.63, 3.8) is 0 Å². The zero-order valence-corrected chi connectivity index (χ0v) is 14.9. The molecule has 25 heavy (non-hydrogen) atoms. The molecule has 6 heteroatoms. The van der Waals surface area contributed by atoms with Crippen LogP contribution in [0.4, 0.5) is 11.6 Å². The van der Waals surface area contributed by atoms with Crippen LogP contribution < -0.4 is 10.6 Å². The molecule has 0 aliphatic carbocycles. The standard InChI is InChI=1S/C19H24N4O2/c1-12-6-7-13(2)16(9-12)22-18(24)17-10-14(3)21-19(23-17)20-11-15-5-4-8-25-15/h6-7,9-10,15H,4-5,8,11H2,1-3H3,(H,22,24)(H,20,21,23). The number of carbonyl (C=O) groups is 1. The van der Waals surface area contributed by atoms with E-state index in [9.17, 15) is 4.79 Å². The van der Waals surface area contributed by atoms with Gasteiger partial charge in [-0.1, -0.05) is 12.1 Å². The SMILES string of the molecule is Cc1ccc(C)c(NC(=O)c2cc(C)nc(NCC3CCCO3)n2)c1. The number of ether oxygens (including phenoxy) is 1. The third-order valence-electron chi connectivity index (χ3n) is 4.24. The number of aryl methyl sites for hydroxylation is 3. The van der Waals surface area contributed by atoms with E-state index in [2.05, 4.69) is 20.6 Å². The van der Waals surface area contributed by atoms with E-state index in [1.807, 2.05) is 39.0 Å². The van der Waals surface area contributed by atoms with Crippen LogP contribution >= 0.6 is 0 Å². The summed E-state index contributed by atoms with van der Waals surface area (Å²) in [5.41, 5.74) is 4.01. The lowest BCUT2D eigenvalue weighted by atomic mass is 10.1. The van der Waals surface area contributed by atoms with E-state index in [0.29, 0.717) is 18.2 Å². The number of anilines is 2. The van der Waals surface area contributed by atoms with Gasteiger partial charge in [-0.2, -0.15) is 0 Å². The molecule has 2 N–H and O–H groups in total. The first-order valence-corrected chi connectivity index (χ1v) is 8.61. The van der Waals surface area contributed by atoms with Gasteiger partial charge in [0.2, 0.25) is 5.95 Å². The lowest BCUT2D eigenvalue weighted by molar-refractivity contribution is 0.102. The highest BCUT2D eigenvalue weighted by molar-refractivity contribution is 6.03. The fourth-order valence-electron chi connectivity index (χ4n) is 2.83. The monoisotopic (exact) mass is 340 g/mol. The summed E-state index contributed by atoms with van der Waals surface area (Å²) in [5.74, 6) is 0.223. The second-order valence-electron chi connectivity index (χ2n) is 6.51. The molecule has 1 fully saturated rings. The lowest BCUT2D eigenvalue weighted by Gasteiger charge is -2.13. The number of benzene rings is 1. The smallest absolute Gasteiger partial charge is 0.274 e. The van der Waals surface area contributed by atoms with Crippen molar-refractivity contribution in [2.75, 3.05) is 23.8 Å². The molecule has 1 aromatic heterocycles. The molecule has 132 valence electrons. The van der Waals surface area contributed by atoms with Crippen molar-refractivity contribution in [1.82, 2.24) is 9.97 Å². The minimum Gasteiger partial charge on any atom is -0.376 e. The molecule has 0 radical (unpaired) electrons. The molecule has 1 aliphatic rings. The van der Waals surface area contributed by atoms with Crippen molar-refractivity contribution < 1.29 is 9.53 Å².